The lowest BCUT2D eigenvalue weighted by Crippen LogP contribution is -2.43. The first-order valence-electron chi connectivity index (χ1n) is 7.40. The number of fused-ring (bicyclic) bond motifs is 1. The highest BCUT2D eigenvalue weighted by molar-refractivity contribution is 5.35. The van der Waals surface area contributed by atoms with Crippen LogP contribution in [-0.4, -0.2) is 17.3 Å². The predicted molar refractivity (Wildman–Crippen MR) is 73.5 cm³/mol. The van der Waals surface area contributed by atoms with E-state index in [1.807, 2.05) is 6.07 Å². The Bertz CT molecular complexity index is 454. The van der Waals surface area contributed by atoms with Gasteiger partial charge in [-0.1, -0.05) is 25.3 Å². The van der Waals surface area contributed by atoms with Crippen LogP contribution in [0.4, 0.5) is 4.39 Å². The van der Waals surface area contributed by atoms with Crippen molar-refractivity contribution >= 4 is 0 Å². The lowest BCUT2D eigenvalue weighted by atomic mass is 9.84. The smallest absolute Gasteiger partial charge is 0.123 e. The summed E-state index contributed by atoms with van der Waals surface area (Å²) in [6, 6.07) is 5.35. The summed E-state index contributed by atoms with van der Waals surface area (Å²) in [5, 5.41) is 14.0. The molecule has 2 N–H and O–H groups in total. The van der Waals surface area contributed by atoms with E-state index in [-0.39, 0.29) is 11.9 Å². The molecule has 1 saturated carbocycles. The highest BCUT2D eigenvalue weighted by Gasteiger charge is 2.31. The highest BCUT2D eigenvalue weighted by Crippen LogP contribution is 2.33. The van der Waals surface area contributed by atoms with Crippen LogP contribution in [0.25, 0.3) is 0 Å². The Kier molecular flexibility index (Phi) is 3.59. The van der Waals surface area contributed by atoms with Gasteiger partial charge in [-0.05, 0) is 48.9 Å². The molecule has 0 saturated heterocycles. The molecule has 2 aliphatic rings. The van der Waals surface area contributed by atoms with E-state index in [1.54, 1.807) is 6.07 Å². The van der Waals surface area contributed by atoms with Crippen molar-refractivity contribution in [1.29, 1.82) is 0 Å². The second-order valence-electron chi connectivity index (χ2n) is 6.10. The Morgan fingerprint density at radius 2 is 2.05 bits per heavy atom. The fourth-order valence-electron chi connectivity index (χ4n) is 3.50. The molecule has 0 heterocycles. The van der Waals surface area contributed by atoms with Gasteiger partial charge < -0.3 is 10.4 Å². The SMILES string of the molecule is OC1(CNC2CCc3cc(F)ccc32)CCCCC1. The third-order valence-corrected chi connectivity index (χ3v) is 4.64. The molecule has 0 spiro atoms. The Morgan fingerprint density at radius 1 is 1.26 bits per heavy atom. The van der Waals surface area contributed by atoms with Crippen molar-refractivity contribution in [2.24, 2.45) is 0 Å². The molecular weight excluding hydrogens is 241 g/mol. The Labute approximate surface area is 114 Å². The monoisotopic (exact) mass is 263 g/mol. The first-order chi connectivity index (χ1) is 9.16. The van der Waals surface area contributed by atoms with Gasteiger partial charge in [-0.2, -0.15) is 0 Å². The number of rotatable bonds is 3. The van der Waals surface area contributed by atoms with E-state index in [4.69, 9.17) is 0 Å². The maximum absolute atomic E-state index is 13.2. The molecule has 1 aromatic carbocycles. The number of hydrogen-bond donors (Lipinski definition) is 2. The van der Waals surface area contributed by atoms with Crippen LogP contribution in [0.5, 0.6) is 0 Å². The summed E-state index contributed by atoms with van der Waals surface area (Å²) in [5.74, 6) is -0.148. The first kappa shape index (κ1) is 13.1. The van der Waals surface area contributed by atoms with E-state index in [9.17, 15) is 9.50 Å². The molecule has 19 heavy (non-hydrogen) atoms. The third-order valence-electron chi connectivity index (χ3n) is 4.64. The number of aryl methyl sites for hydroxylation is 1. The zero-order valence-electron chi connectivity index (χ0n) is 11.3. The van der Waals surface area contributed by atoms with Gasteiger partial charge in [0.1, 0.15) is 5.82 Å². The van der Waals surface area contributed by atoms with Gasteiger partial charge in [0.15, 0.2) is 0 Å². The molecule has 2 aliphatic carbocycles. The Hall–Kier alpha value is -0.930. The molecule has 3 rings (SSSR count). The first-order valence-corrected chi connectivity index (χ1v) is 7.40. The minimum Gasteiger partial charge on any atom is -0.389 e. The molecule has 104 valence electrons. The van der Waals surface area contributed by atoms with Gasteiger partial charge in [0.25, 0.3) is 0 Å². The highest BCUT2D eigenvalue weighted by atomic mass is 19.1. The molecule has 1 atom stereocenters. The molecular formula is C16H22FNO. The molecule has 1 unspecified atom stereocenters. The molecule has 0 radical (unpaired) electrons. The topological polar surface area (TPSA) is 32.3 Å². The number of nitrogens with one attached hydrogen (secondary N) is 1. The van der Waals surface area contributed by atoms with Crippen LogP contribution in [0.2, 0.25) is 0 Å². The van der Waals surface area contributed by atoms with Gasteiger partial charge in [0, 0.05) is 12.6 Å². The largest absolute Gasteiger partial charge is 0.389 e. The zero-order chi connectivity index (χ0) is 13.3. The van der Waals surface area contributed by atoms with Gasteiger partial charge in [0.2, 0.25) is 0 Å². The van der Waals surface area contributed by atoms with Crippen LogP contribution >= 0.6 is 0 Å². The maximum atomic E-state index is 13.2. The fraction of sp³-hybridized carbons (Fsp3) is 0.625. The van der Waals surface area contributed by atoms with Gasteiger partial charge in [-0.25, -0.2) is 4.39 Å². The zero-order valence-corrected chi connectivity index (χ0v) is 11.3. The van der Waals surface area contributed by atoms with Crippen molar-refractivity contribution in [2.75, 3.05) is 6.54 Å². The van der Waals surface area contributed by atoms with E-state index >= 15 is 0 Å². The van der Waals surface area contributed by atoms with Crippen molar-refractivity contribution in [3.05, 3.63) is 35.1 Å². The lowest BCUT2D eigenvalue weighted by Gasteiger charge is -2.33. The molecule has 0 amide bonds. The standard InChI is InChI=1S/C16H22FNO/c17-13-5-6-14-12(10-13)4-7-15(14)18-11-16(19)8-2-1-3-9-16/h5-6,10,15,18-19H,1-4,7-9,11H2. The van der Waals surface area contributed by atoms with Crippen molar-refractivity contribution < 1.29 is 9.50 Å². The number of aliphatic hydroxyl groups is 1. The molecule has 1 fully saturated rings. The molecule has 3 heteroatoms. The van der Waals surface area contributed by atoms with Crippen LogP contribution in [0.1, 0.15) is 55.7 Å². The number of hydrogen-bond acceptors (Lipinski definition) is 2. The Balaban J connectivity index is 1.63. The molecule has 2 nitrogen and oxygen atoms in total. The van der Waals surface area contributed by atoms with E-state index < -0.39 is 5.60 Å². The van der Waals surface area contributed by atoms with Crippen molar-refractivity contribution in [3.63, 3.8) is 0 Å². The number of benzene rings is 1. The van der Waals surface area contributed by atoms with Gasteiger partial charge in [-0.15, -0.1) is 0 Å². The van der Waals surface area contributed by atoms with Crippen LogP contribution < -0.4 is 5.32 Å². The molecule has 0 aliphatic heterocycles. The molecule has 0 aromatic heterocycles. The van der Waals surface area contributed by atoms with Crippen molar-refractivity contribution in [2.45, 2.75) is 56.6 Å². The quantitative estimate of drug-likeness (QED) is 0.878. The van der Waals surface area contributed by atoms with Gasteiger partial charge in [0.05, 0.1) is 5.60 Å². The summed E-state index contributed by atoms with van der Waals surface area (Å²) in [6.45, 7) is 0.661. The van der Waals surface area contributed by atoms with E-state index in [2.05, 4.69) is 5.32 Å². The normalized spacial score (nSPS) is 25.3. The summed E-state index contributed by atoms with van der Waals surface area (Å²) in [4.78, 5) is 0. The van der Waals surface area contributed by atoms with Crippen LogP contribution in [0, 0.1) is 5.82 Å². The summed E-state index contributed by atoms with van der Waals surface area (Å²) in [7, 11) is 0. The van der Waals surface area contributed by atoms with Gasteiger partial charge in [-0.3, -0.25) is 0 Å². The fourth-order valence-corrected chi connectivity index (χ4v) is 3.50. The van der Waals surface area contributed by atoms with E-state index in [1.165, 1.54) is 18.1 Å². The van der Waals surface area contributed by atoms with Crippen LogP contribution in [-0.2, 0) is 6.42 Å². The summed E-state index contributed by atoms with van der Waals surface area (Å²) < 4.78 is 13.2. The van der Waals surface area contributed by atoms with E-state index in [0.29, 0.717) is 6.54 Å². The lowest BCUT2D eigenvalue weighted by molar-refractivity contribution is 0.00262. The van der Waals surface area contributed by atoms with E-state index in [0.717, 1.165) is 44.1 Å². The molecule has 1 aromatic rings. The van der Waals surface area contributed by atoms with Crippen molar-refractivity contribution in [1.82, 2.24) is 5.32 Å². The third kappa shape index (κ3) is 2.82. The summed E-state index contributed by atoms with van der Waals surface area (Å²) >= 11 is 0. The second kappa shape index (κ2) is 5.22. The van der Waals surface area contributed by atoms with Crippen LogP contribution in [0.15, 0.2) is 18.2 Å². The summed E-state index contributed by atoms with van der Waals surface area (Å²) in [5.41, 5.74) is 1.80. The van der Waals surface area contributed by atoms with Crippen LogP contribution in [0.3, 0.4) is 0 Å². The van der Waals surface area contributed by atoms with Gasteiger partial charge >= 0.3 is 0 Å². The minimum absolute atomic E-state index is 0.148. The Morgan fingerprint density at radius 3 is 2.84 bits per heavy atom. The molecule has 0 bridgehead atoms. The maximum Gasteiger partial charge on any atom is 0.123 e. The minimum atomic E-state index is -0.527. The predicted octanol–water partition coefficient (Wildman–Crippen LogP) is 3.10. The van der Waals surface area contributed by atoms with Crippen molar-refractivity contribution in [3.8, 4) is 0 Å². The second-order valence-corrected chi connectivity index (χ2v) is 6.10. The average molecular weight is 263 g/mol. The number of halogens is 1. The summed E-state index contributed by atoms with van der Waals surface area (Å²) in [6.07, 6.45) is 7.26. The average Bonchev–Trinajstić information content (AvgIpc) is 2.79.